The van der Waals surface area contributed by atoms with Crippen LogP contribution >= 0.6 is 0 Å². The Morgan fingerprint density at radius 2 is 1.94 bits per heavy atom. The van der Waals surface area contributed by atoms with Gasteiger partial charge < -0.3 is 10.5 Å². The van der Waals surface area contributed by atoms with Crippen LogP contribution in [0.25, 0.3) is 11.1 Å². The Labute approximate surface area is 107 Å². The molecule has 0 fully saturated rings. The summed E-state index contributed by atoms with van der Waals surface area (Å²) in [5.41, 5.74) is 8.73. The van der Waals surface area contributed by atoms with E-state index in [-0.39, 0.29) is 6.10 Å². The van der Waals surface area contributed by atoms with Crippen molar-refractivity contribution in [3.8, 4) is 16.9 Å². The van der Waals surface area contributed by atoms with Crippen molar-refractivity contribution in [1.82, 2.24) is 9.97 Å². The summed E-state index contributed by atoms with van der Waals surface area (Å²) >= 11 is 0. The summed E-state index contributed by atoms with van der Waals surface area (Å²) < 4.78 is 5.63. The normalized spacial score (nSPS) is 10.7. The predicted octanol–water partition coefficient (Wildman–Crippen LogP) is 2.82. The number of hydrogen-bond acceptors (Lipinski definition) is 4. The van der Waals surface area contributed by atoms with Gasteiger partial charge in [-0.25, -0.2) is 4.98 Å². The first-order valence-corrected chi connectivity index (χ1v) is 5.90. The fraction of sp³-hybridized carbons (Fsp3) is 0.286. The van der Waals surface area contributed by atoms with Gasteiger partial charge in [0.25, 0.3) is 0 Å². The third-order valence-electron chi connectivity index (χ3n) is 2.53. The second kappa shape index (κ2) is 5.04. The highest BCUT2D eigenvalue weighted by Gasteiger charge is 2.06. The van der Waals surface area contributed by atoms with Crippen LogP contribution in [0.5, 0.6) is 5.75 Å². The summed E-state index contributed by atoms with van der Waals surface area (Å²) in [6.45, 7) is 5.98. The fourth-order valence-electron chi connectivity index (χ4n) is 1.78. The number of aryl methyl sites for hydroxylation is 1. The smallest absolute Gasteiger partial charge is 0.138 e. The molecule has 0 atom stereocenters. The van der Waals surface area contributed by atoms with E-state index < -0.39 is 0 Å². The molecule has 0 spiro atoms. The molecule has 0 aliphatic rings. The van der Waals surface area contributed by atoms with Crippen molar-refractivity contribution in [3.63, 3.8) is 0 Å². The lowest BCUT2D eigenvalue weighted by Gasteiger charge is -2.11. The van der Waals surface area contributed by atoms with Gasteiger partial charge in [0.1, 0.15) is 11.6 Å². The molecule has 0 aliphatic heterocycles. The lowest BCUT2D eigenvalue weighted by Crippen LogP contribution is -2.05. The molecule has 0 aliphatic carbocycles. The fourth-order valence-corrected chi connectivity index (χ4v) is 1.78. The molecule has 4 nitrogen and oxygen atoms in total. The van der Waals surface area contributed by atoms with Gasteiger partial charge in [-0.3, -0.25) is 4.98 Å². The third-order valence-corrected chi connectivity index (χ3v) is 2.53. The maximum absolute atomic E-state index is 5.65. The van der Waals surface area contributed by atoms with Crippen LogP contribution in [0.15, 0.2) is 30.7 Å². The van der Waals surface area contributed by atoms with E-state index in [0.29, 0.717) is 5.82 Å². The van der Waals surface area contributed by atoms with Crippen molar-refractivity contribution in [3.05, 3.63) is 36.3 Å². The Kier molecular flexibility index (Phi) is 3.46. The van der Waals surface area contributed by atoms with Crippen molar-refractivity contribution in [2.75, 3.05) is 5.73 Å². The SMILES string of the molecule is Cc1cc(N)ncc1-c1cncc(OC(C)C)c1. The molecular formula is C14H17N3O. The maximum atomic E-state index is 5.65. The molecule has 0 unspecified atom stereocenters. The van der Waals surface area contributed by atoms with Crippen molar-refractivity contribution in [2.24, 2.45) is 0 Å². The van der Waals surface area contributed by atoms with Gasteiger partial charge in [-0.05, 0) is 38.5 Å². The molecule has 0 saturated carbocycles. The lowest BCUT2D eigenvalue weighted by molar-refractivity contribution is 0.241. The third kappa shape index (κ3) is 2.77. The number of nitrogens with two attached hydrogens (primary N) is 1. The standard InChI is InChI=1S/C14H17N3O/c1-9(2)18-12-5-11(6-16-7-12)13-8-17-14(15)4-10(13)3/h4-9H,1-3H3,(H2,15,17). The Morgan fingerprint density at radius 1 is 1.17 bits per heavy atom. The van der Waals surface area contributed by atoms with E-state index in [9.17, 15) is 0 Å². The summed E-state index contributed by atoms with van der Waals surface area (Å²) in [5.74, 6) is 1.29. The monoisotopic (exact) mass is 243 g/mol. The van der Waals surface area contributed by atoms with Crippen molar-refractivity contribution < 1.29 is 4.74 Å². The predicted molar refractivity (Wildman–Crippen MR) is 72.4 cm³/mol. The second-order valence-corrected chi connectivity index (χ2v) is 4.50. The minimum absolute atomic E-state index is 0.132. The van der Waals surface area contributed by atoms with Crippen LogP contribution in [-0.2, 0) is 0 Å². The molecule has 94 valence electrons. The lowest BCUT2D eigenvalue weighted by atomic mass is 10.0. The summed E-state index contributed by atoms with van der Waals surface area (Å²) in [6, 6.07) is 3.82. The van der Waals surface area contributed by atoms with Crippen LogP contribution in [0.4, 0.5) is 5.82 Å². The van der Waals surface area contributed by atoms with Crippen LogP contribution in [-0.4, -0.2) is 16.1 Å². The zero-order valence-electron chi connectivity index (χ0n) is 10.8. The van der Waals surface area contributed by atoms with E-state index in [4.69, 9.17) is 10.5 Å². The average molecular weight is 243 g/mol. The van der Waals surface area contributed by atoms with Gasteiger partial charge >= 0.3 is 0 Å². The number of rotatable bonds is 3. The average Bonchev–Trinajstić information content (AvgIpc) is 2.28. The molecule has 2 rings (SSSR count). The van der Waals surface area contributed by atoms with Crippen molar-refractivity contribution >= 4 is 5.82 Å². The molecule has 0 radical (unpaired) electrons. The molecule has 2 aromatic heterocycles. The Bertz CT molecular complexity index is 552. The van der Waals surface area contributed by atoms with E-state index in [1.807, 2.05) is 32.9 Å². The van der Waals surface area contributed by atoms with Gasteiger partial charge in [0.2, 0.25) is 0 Å². The summed E-state index contributed by atoms with van der Waals surface area (Å²) in [5, 5.41) is 0. The number of aromatic nitrogens is 2. The van der Waals surface area contributed by atoms with Crippen LogP contribution in [0.3, 0.4) is 0 Å². The molecule has 18 heavy (non-hydrogen) atoms. The summed E-state index contributed by atoms with van der Waals surface area (Å²) in [6.07, 6.45) is 5.41. The van der Waals surface area contributed by atoms with E-state index in [1.54, 1.807) is 18.6 Å². The molecule has 2 heterocycles. The van der Waals surface area contributed by atoms with Gasteiger partial charge in [-0.2, -0.15) is 0 Å². The minimum Gasteiger partial charge on any atom is -0.489 e. The molecular weight excluding hydrogens is 226 g/mol. The number of nitrogen functional groups attached to an aromatic ring is 1. The van der Waals surface area contributed by atoms with Crippen molar-refractivity contribution in [1.29, 1.82) is 0 Å². The Hall–Kier alpha value is -2.10. The number of ether oxygens (including phenoxy) is 1. The maximum Gasteiger partial charge on any atom is 0.138 e. The van der Waals surface area contributed by atoms with Gasteiger partial charge in [0.05, 0.1) is 12.3 Å². The van der Waals surface area contributed by atoms with E-state index in [0.717, 1.165) is 22.4 Å². The van der Waals surface area contributed by atoms with Gasteiger partial charge in [-0.15, -0.1) is 0 Å². The zero-order chi connectivity index (χ0) is 13.1. The van der Waals surface area contributed by atoms with Crippen LogP contribution in [0.2, 0.25) is 0 Å². The number of pyridine rings is 2. The van der Waals surface area contributed by atoms with Crippen LogP contribution < -0.4 is 10.5 Å². The summed E-state index contributed by atoms with van der Waals surface area (Å²) in [4.78, 5) is 8.31. The number of anilines is 1. The van der Waals surface area contributed by atoms with E-state index in [2.05, 4.69) is 9.97 Å². The largest absolute Gasteiger partial charge is 0.489 e. The highest BCUT2D eigenvalue weighted by molar-refractivity contribution is 5.67. The van der Waals surface area contributed by atoms with Gasteiger partial charge in [-0.1, -0.05) is 0 Å². The first-order valence-electron chi connectivity index (χ1n) is 5.90. The van der Waals surface area contributed by atoms with E-state index in [1.165, 1.54) is 0 Å². The molecule has 0 saturated heterocycles. The van der Waals surface area contributed by atoms with Gasteiger partial charge in [0.15, 0.2) is 0 Å². The zero-order valence-corrected chi connectivity index (χ0v) is 10.8. The van der Waals surface area contributed by atoms with Crippen LogP contribution in [0, 0.1) is 6.92 Å². The molecule has 0 amide bonds. The number of nitrogens with zero attached hydrogens (tertiary/aromatic N) is 2. The molecule has 4 heteroatoms. The highest BCUT2D eigenvalue weighted by Crippen LogP contribution is 2.26. The molecule has 2 N–H and O–H groups in total. The van der Waals surface area contributed by atoms with E-state index >= 15 is 0 Å². The van der Waals surface area contributed by atoms with Gasteiger partial charge in [0, 0.05) is 23.5 Å². The van der Waals surface area contributed by atoms with Crippen molar-refractivity contribution in [2.45, 2.75) is 26.9 Å². The summed E-state index contributed by atoms with van der Waals surface area (Å²) in [7, 11) is 0. The second-order valence-electron chi connectivity index (χ2n) is 4.50. The highest BCUT2D eigenvalue weighted by atomic mass is 16.5. The number of hydrogen-bond donors (Lipinski definition) is 1. The topological polar surface area (TPSA) is 61.0 Å². The molecule has 0 aromatic carbocycles. The quantitative estimate of drug-likeness (QED) is 0.900. The molecule has 0 bridgehead atoms. The first-order chi connectivity index (χ1) is 8.56. The van der Waals surface area contributed by atoms with Crippen LogP contribution in [0.1, 0.15) is 19.4 Å². The molecule has 2 aromatic rings. The first kappa shape index (κ1) is 12.4. The Morgan fingerprint density at radius 3 is 2.61 bits per heavy atom. The minimum atomic E-state index is 0.132. The Balaban J connectivity index is 2.38.